The Kier molecular flexibility index (Phi) is 11.8. The molecular weight excluding hydrogens is 558 g/mol. The minimum Gasteiger partial charge on any atom is -0.352 e. The van der Waals surface area contributed by atoms with Crippen LogP contribution in [0.5, 0.6) is 0 Å². The number of carbonyl (C=O) groups is 2. The fourth-order valence-electron chi connectivity index (χ4n) is 4.54. The van der Waals surface area contributed by atoms with Crippen molar-refractivity contribution in [3.05, 3.63) is 101 Å². The number of hydrogen-bond donors (Lipinski definition) is 1. The number of rotatable bonds is 14. The third kappa shape index (κ3) is 9.90. The molecule has 0 aliphatic rings. The molecule has 7 nitrogen and oxygen atoms in total. The quantitative estimate of drug-likeness (QED) is 0.256. The molecule has 0 aromatic heterocycles. The Labute approximate surface area is 249 Å². The highest BCUT2D eigenvalue weighted by Crippen LogP contribution is 2.21. The van der Waals surface area contributed by atoms with E-state index in [1.165, 1.54) is 4.31 Å². The van der Waals surface area contributed by atoms with Gasteiger partial charge in [0.1, 0.15) is 6.04 Å². The van der Waals surface area contributed by atoms with Crippen molar-refractivity contribution in [2.24, 2.45) is 0 Å². The summed E-state index contributed by atoms with van der Waals surface area (Å²) in [7, 11) is -3.56. The fraction of sp³-hybridized carbons (Fsp3) is 0.375. The van der Waals surface area contributed by atoms with E-state index in [0.29, 0.717) is 17.1 Å². The largest absolute Gasteiger partial charge is 0.352 e. The third-order valence-electron chi connectivity index (χ3n) is 6.99. The number of hydrogen-bond acceptors (Lipinski definition) is 4. The number of halogens is 1. The number of anilines is 1. The zero-order valence-electron chi connectivity index (χ0n) is 24.2. The van der Waals surface area contributed by atoms with Gasteiger partial charge in [0.05, 0.1) is 11.9 Å². The zero-order valence-corrected chi connectivity index (χ0v) is 25.8. The molecule has 0 aliphatic heterocycles. The van der Waals surface area contributed by atoms with Crippen LogP contribution in [0.15, 0.2) is 78.9 Å². The van der Waals surface area contributed by atoms with Gasteiger partial charge in [-0.05, 0) is 62.1 Å². The summed E-state index contributed by atoms with van der Waals surface area (Å²) in [6, 6.07) is 23.3. The third-order valence-corrected chi connectivity index (χ3v) is 8.42. The molecule has 9 heteroatoms. The van der Waals surface area contributed by atoms with Crippen LogP contribution in [-0.2, 0) is 32.6 Å². The van der Waals surface area contributed by atoms with Gasteiger partial charge in [0.15, 0.2) is 0 Å². The second-order valence-corrected chi connectivity index (χ2v) is 12.8. The molecule has 3 aromatic rings. The number of benzene rings is 3. The smallest absolute Gasteiger partial charge is 0.243 e. The maximum absolute atomic E-state index is 13.9. The first-order valence-corrected chi connectivity index (χ1v) is 16.1. The van der Waals surface area contributed by atoms with Crippen LogP contribution < -0.4 is 9.62 Å². The summed E-state index contributed by atoms with van der Waals surface area (Å²) in [5.74, 6) is -0.460. The van der Waals surface area contributed by atoms with Crippen LogP contribution in [0, 0.1) is 6.92 Å². The highest BCUT2D eigenvalue weighted by atomic mass is 35.5. The lowest BCUT2D eigenvalue weighted by Crippen LogP contribution is -2.52. The second-order valence-electron chi connectivity index (χ2n) is 10.4. The van der Waals surface area contributed by atoms with Crippen LogP contribution in [0.3, 0.4) is 0 Å². The van der Waals surface area contributed by atoms with Crippen molar-refractivity contribution >= 4 is 39.1 Å². The highest BCUT2D eigenvalue weighted by Gasteiger charge is 2.31. The minimum absolute atomic E-state index is 0.0540. The van der Waals surface area contributed by atoms with Gasteiger partial charge in [-0.25, -0.2) is 8.42 Å². The zero-order chi connectivity index (χ0) is 30.0. The lowest BCUT2D eigenvalue weighted by Gasteiger charge is -2.32. The molecule has 0 radical (unpaired) electrons. The average Bonchev–Trinajstić information content (AvgIpc) is 2.93. The van der Waals surface area contributed by atoms with Gasteiger partial charge in [0, 0.05) is 37.0 Å². The van der Waals surface area contributed by atoms with Crippen LogP contribution in [-0.4, -0.2) is 50.0 Å². The molecule has 1 N–H and O–H groups in total. The summed E-state index contributed by atoms with van der Waals surface area (Å²) in [6.45, 7) is 6.20. The van der Waals surface area contributed by atoms with Crippen LogP contribution >= 0.6 is 11.6 Å². The van der Waals surface area contributed by atoms with E-state index < -0.39 is 16.1 Å². The van der Waals surface area contributed by atoms with Gasteiger partial charge in [0.25, 0.3) is 0 Å². The first kappa shape index (κ1) is 32.2. The Bertz CT molecular complexity index is 1400. The summed E-state index contributed by atoms with van der Waals surface area (Å²) >= 11 is 6.25. The van der Waals surface area contributed by atoms with E-state index in [1.54, 1.807) is 29.2 Å². The molecule has 0 fully saturated rings. The Morgan fingerprint density at radius 3 is 2.22 bits per heavy atom. The van der Waals surface area contributed by atoms with Gasteiger partial charge < -0.3 is 10.2 Å². The summed E-state index contributed by atoms with van der Waals surface area (Å²) in [5.41, 5.74) is 3.31. The van der Waals surface area contributed by atoms with Gasteiger partial charge in [-0.1, -0.05) is 78.7 Å². The fourth-order valence-corrected chi connectivity index (χ4v) is 5.72. The Balaban J connectivity index is 1.89. The van der Waals surface area contributed by atoms with Crippen molar-refractivity contribution in [1.82, 2.24) is 10.2 Å². The molecule has 41 heavy (non-hydrogen) atoms. The molecule has 0 unspecified atom stereocenters. The molecule has 3 aromatic carbocycles. The molecule has 0 spiro atoms. The van der Waals surface area contributed by atoms with E-state index in [2.05, 4.69) is 5.32 Å². The molecule has 0 aliphatic carbocycles. The monoisotopic (exact) mass is 597 g/mol. The maximum Gasteiger partial charge on any atom is 0.243 e. The average molecular weight is 598 g/mol. The molecule has 0 saturated heterocycles. The SMILES string of the molecule is CC[C@@H](C)NC(=O)[C@@H](Cc1ccccc1)N(Cc1cccc(Cl)c1)C(=O)CCCN(c1ccc(C)cc1)S(C)(=O)=O. The van der Waals surface area contributed by atoms with Crippen molar-refractivity contribution in [1.29, 1.82) is 0 Å². The number of carbonyl (C=O) groups excluding carboxylic acids is 2. The Morgan fingerprint density at radius 2 is 1.61 bits per heavy atom. The number of aryl methyl sites for hydroxylation is 1. The minimum atomic E-state index is -3.56. The second kappa shape index (κ2) is 15.0. The molecule has 2 amide bonds. The van der Waals surface area contributed by atoms with Gasteiger partial charge in [0.2, 0.25) is 21.8 Å². The molecule has 220 valence electrons. The number of nitrogens with one attached hydrogen (secondary N) is 1. The summed E-state index contributed by atoms with van der Waals surface area (Å²) in [6.07, 6.45) is 2.62. The molecule has 2 atom stereocenters. The standard InChI is InChI=1S/C32H40ClN3O4S/c1-5-25(3)34-32(38)30(22-26-11-7-6-8-12-26)35(23-27-13-9-14-28(33)21-27)31(37)15-10-20-36(41(4,39)40)29-18-16-24(2)17-19-29/h6-9,11-14,16-19,21,25,30H,5,10,15,20,22-23H2,1-4H3,(H,34,38)/t25-,30-/m1/s1. The van der Waals surface area contributed by atoms with Crippen LogP contribution in [0.1, 0.15) is 49.8 Å². The first-order chi connectivity index (χ1) is 19.5. The van der Waals surface area contributed by atoms with Crippen LogP contribution in [0.25, 0.3) is 0 Å². The topological polar surface area (TPSA) is 86.8 Å². The Hall–Kier alpha value is -3.36. The Morgan fingerprint density at radius 1 is 0.951 bits per heavy atom. The van der Waals surface area contributed by atoms with Crippen molar-refractivity contribution < 1.29 is 18.0 Å². The first-order valence-electron chi connectivity index (χ1n) is 13.9. The van der Waals surface area contributed by atoms with E-state index in [9.17, 15) is 18.0 Å². The number of sulfonamides is 1. The summed E-state index contributed by atoms with van der Waals surface area (Å²) in [5, 5.41) is 3.60. The molecule has 0 saturated carbocycles. The van der Waals surface area contributed by atoms with Crippen molar-refractivity contribution in [3.63, 3.8) is 0 Å². The number of amides is 2. The molecule has 0 bridgehead atoms. The van der Waals surface area contributed by atoms with E-state index in [4.69, 9.17) is 11.6 Å². The van der Waals surface area contributed by atoms with E-state index >= 15 is 0 Å². The predicted octanol–water partition coefficient (Wildman–Crippen LogP) is 5.75. The van der Waals surface area contributed by atoms with Crippen molar-refractivity contribution in [2.75, 3.05) is 17.1 Å². The van der Waals surface area contributed by atoms with Crippen molar-refractivity contribution in [2.45, 2.75) is 65.1 Å². The predicted molar refractivity (Wildman–Crippen MR) is 166 cm³/mol. The van der Waals surface area contributed by atoms with Crippen LogP contribution in [0.4, 0.5) is 5.69 Å². The molecule has 0 heterocycles. The summed E-state index contributed by atoms with van der Waals surface area (Å²) < 4.78 is 26.5. The highest BCUT2D eigenvalue weighted by molar-refractivity contribution is 7.92. The molecule has 3 rings (SSSR count). The normalized spacial score (nSPS) is 12.8. The number of nitrogens with zero attached hydrogens (tertiary/aromatic N) is 2. The molecular formula is C32H40ClN3O4S. The van der Waals surface area contributed by atoms with Gasteiger partial charge in [-0.3, -0.25) is 13.9 Å². The lowest BCUT2D eigenvalue weighted by molar-refractivity contribution is -0.141. The van der Waals surface area contributed by atoms with Crippen molar-refractivity contribution in [3.8, 4) is 0 Å². The van der Waals surface area contributed by atoms with E-state index in [1.807, 2.05) is 75.4 Å². The summed E-state index contributed by atoms with van der Waals surface area (Å²) in [4.78, 5) is 29.1. The van der Waals surface area contributed by atoms with E-state index in [-0.39, 0.29) is 43.8 Å². The van der Waals surface area contributed by atoms with Gasteiger partial charge in [-0.2, -0.15) is 0 Å². The van der Waals surface area contributed by atoms with E-state index in [0.717, 1.165) is 29.4 Å². The maximum atomic E-state index is 13.9. The van der Waals surface area contributed by atoms with Crippen LogP contribution in [0.2, 0.25) is 5.02 Å². The van der Waals surface area contributed by atoms with Gasteiger partial charge in [-0.15, -0.1) is 0 Å². The lowest BCUT2D eigenvalue weighted by atomic mass is 10.0. The van der Waals surface area contributed by atoms with Gasteiger partial charge >= 0.3 is 0 Å².